The van der Waals surface area contributed by atoms with E-state index in [9.17, 15) is 9.59 Å². The number of hydrogen-bond acceptors (Lipinski definition) is 9. The predicted molar refractivity (Wildman–Crippen MR) is 204 cm³/mol. The summed E-state index contributed by atoms with van der Waals surface area (Å²) in [4.78, 5) is 44.3. The van der Waals surface area contributed by atoms with Gasteiger partial charge in [-0.3, -0.25) is 19.4 Å². The van der Waals surface area contributed by atoms with Crippen molar-refractivity contribution < 1.29 is 9.59 Å². The van der Waals surface area contributed by atoms with Crippen molar-refractivity contribution in [2.24, 2.45) is 11.8 Å². The SMILES string of the molecule is CC1(C)CC(CCCCNc2ncnc(NCCCCC3CC(C)(C)N(C4CCCCC4=O)C(C)(C)C3)n2)CC(C)(C)N1C1CCCCC1=O. The van der Waals surface area contributed by atoms with Gasteiger partial charge < -0.3 is 10.6 Å². The lowest BCUT2D eigenvalue weighted by atomic mass is 9.70. The Labute approximate surface area is 304 Å². The highest BCUT2D eigenvalue weighted by atomic mass is 16.1. The summed E-state index contributed by atoms with van der Waals surface area (Å²) in [5, 5.41) is 6.85. The highest BCUT2D eigenvalue weighted by Gasteiger charge is 2.51. The molecule has 1 aromatic heterocycles. The molecule has 2 atom stereocenters. The Hall–Kier alpha value is -2.13. The Kier molecular flexibility index (Phi) is 12.7. The Balaban J connectivity index is 0.986. The summed E-state index contributed by atoms with van der Waals surface area (Å²) in [5.74, 6) is 3.57. The number of piperidine rings is 2. The van der Waals surface area contributed by atoms with Gasteiger partial charge in [-0.25, -0.2) is 9.97 Å². The zero-order valence-electron chi connectivity index (χ0n) is 33.1. The van der Waals surface area contributed by atoms with Crippen LogP contribution in [0.3, 0.4) is 0 Å². The summed E-state index contributed by atoms with van der Waals surface area (Å²) in [7, 11) is 0. The minimum atomic E-state index is 0.0408. The molecule has 282 valence electrons. The number of ketones is 2. The van der Waals surface area contributed by atoms with E-state index in [0.29, 0.717) is 35.3 Å². The number of aromatic nitrogens is 3. The molecular weight excluding hydrogens is 622 g/mol. The second-order valence-electron chi connectivity index (χ2n) is 19.0. The largest absolute Gasteiger partial charge is 0.354 e. The molecule has 2 unspecified atom stereocenters. The van der Waals surface area contributed by atoms with Crippen molar-refractivity contribution in [1.29, 1.82) is 0 Å². The smallest absolute Gasteiger partial charge is 0.227 e. The van der Waals surface area contributed by atoms with E-state index < -0.39 is 0 Å². The fourth-order valence-corrected chi connectivity index (χ4v) is 11.6. The van der Waals surface area contributed by atoms with E-state index in [1.165, 1.54) is 38.5 Å². The van der Waals surface area contributed by atoms with Crippen molar-refractivity contribution in [3.05, 3.63) is 6.33 Å². The third kappa shape index (κ3) is 9.64. The zero-order valence-corrected chi connectivity index (χ0v) is 33.1. The molecule has 2 aliphatic heterocycles. The topological polar surface area (TPSA) is 103 Å². The fraction of sp³-hybridized carbons (Fsp3) is 0.878. The second kappa shape index (κ2) is 16.3. The molecule has 50 heavy (non-hydrogen) atoms. The summed E-state index contributed by atoms with van der Waals surface area (Å²) in [6.07, 6.45) is 21.2. The first-order chi connectivity index (χ1) is 23.6. The van der Waals surface area contributed by atoms with Gasteiger partial charge in [0.05, 0.1) is 12.1 Å². The highest BCUT2D eigenvalue weighted by Crippen LogP contribution is 2.47. The van der Waals surface area contributed by atoms with Crippen molar-refractivity contribution in [2.45, 2.75) is 205 Å². The summed E-state index contributed by atoms with van der Waals surface area (Å²) >= 11 is 0. The molecule has 5 rings (SSSR count). The molecule has 2 saturated carbocycles. The Morgan fingerprint density at radius 2 is 0.980 bits per heavy atom. The molecule has 0 spiro atoms. The first-order valence-electron chi connectivity index (χ1n) is 20.4. The summed E-state index contributed by atoms with van der Waals surface area (Å²) in [6, 6.07) is 0.209. The van der Waals surface area contributed by atoms with E-state index in [1.54, 1.807) is 6.33 Å². The third-order valence-electron chi connectivity index (χ3n) is 12.6. The molecule has 0 aromatic carbocycles. The lowest BCUT2D eigenvalue weighted by Gasteiger charge is -2.58. The van der Waals surface area contributed by atoms with E-state index in [0.717, 1.165) is 90.1 Å². The molecule has 1 aromatic rings. The van der Waals surface area contributed by atoms with Gasteiger partial charge in [0, 0.05) is 48.1 Å². The molecular formula is C41H71N7O2. The summed E-state index contributed by atoms with van der Waals surface area (Å²) in [6.45, 7) is 20.6. The number of nitrogens with zero attached hydrogens (tertiary/aromatic N) is 5. The number of hydrogen-bond donors (Lipinski definition) is 2. The molecule has 3 heterocycles. The van der Waals surface area contributed by atoms with Crippen molar-refractivity contribution in [3.8, 4) is 0 Å². The molecule has 4 fully saturated rings. The number of likely N-dealkylation sites (tertiary alicyclic amines) is 2. The Morgan fingerprint density at radius 3 is 1.34 bits per heavy atom. The van der Waals surface area contributed by atoms with E-state index in [-0.39, 0.29) is 34.2 Å². The Bertz CT molecular complexity index is 1160. The zero-order chi connectivity index (χ0) is 36.2. The van der Waals surface area contributed by atoms with Crippen LogP contribution in [0.5, 0.6) is 0 Å². The molecule has 2 N–H and O–H groups in total. The quantitative estimate of drug-likeness (QED) is 0.186. The number of unbranched alkanes of at least 4 members (excludes halogenated alkanes) is 2. The van der Waals surface area contributed by atoms with E-state index >= 15 is 0 Å². The van der Waals surface area contributed by atoms with Crippen molar-refractivity contribution in [1.82, 2.24) is 24.8 Å². The standard InChI is InChI=1S/C41H71N7O2/c1-38(2)25-30(26-39(3,4)47(38)32-19-9-11-21-34(32)49)17-13-15-23-42-36-44-29-45-37(46-36)43-24-16-14-18-31-27-40(5,6)48(41(7,8)28-31)33-20-10-12-22-35(33)50/h29-33H,9-28H2,1-8H3,(H2,42,43,44,45,46). The van der Waals surface area contributed by atoms with Crippen LogP contribution in [-0.2, 0) is 9.59 Å². The minimum absolute atomic E-state index is 0.0408. The molecule has 0 radical (unpaired) electrons. The number of anilines is 2. The van der Waals surface area contributed by atoms with Gasteiger partial charge in [0.2, 0.25) is 11.9 Å². The minimum Gasteiger partial charge on any atom is -0.354 e. The van der Waals surface area contributed by atoms with Gasteiger partial charge in [-0.2, -0.15) is 4.98 Å². The molecule has 0 amide bonds. The number of Topliss-reactive ketones (excluding diaryl/α,β-unsaturated/α-hetero) is 2. The normalized spacial score (nSPS) is 27.7. The molecule has 2 saturated heterocycles. The van der Waals surface area contributed by atoms with Gasteiger partial charge in [0.25, 0.3) is 0 Å². The molecule has 9 nitrogen and oxygen atoms in total. The molecule has 9 heteroatoms. The van der Waals surface area contributed by atoms with Crippen LogP contribution < -0.4 is 10.6 Å². The second-order valence-corrected chi connectivity index (χ2v) is 19.0. The fourth-order valence-electron chi connectivity index (χ4n) is 11.6. The van der Waals surface area contributed by atoms with Crippen LogP contribution in [0.2, 0.25) is 0 Å². The van der Waals surface area contributed by atoms with Crippen LogP contribution in [-0.4, -0.2) is 83.6 Å². The third-order valence-corrected chi connectivity index (χ3v) is 12.6. The lowest BCUT2D eigenvalue weighted by molar-refractivity contribution is -0.141. The van der Waals surface area contributed by atoms with Gasteiger partial charge in [0.1, 0.15) is 17.9 Å². The van der Waals surface area contributed by atoms with Crippen molar-refractivity contribution >= 4 is 23.5 Å². The van der Waals surface area contributed by atoms with Gasteiger partial charge in [-0.1, -0.05) is 38.5 Å². The maximum absolute atomic E-state index is 12.9. The van der Waals surface area contributed by atoms with Crippen LogP contribution in [0.4, 0.5) is 11.9 Å². The van der Waals surface area contributed by atoms with Crippen LogP contribution >= 0.6 is 0 Å². The van der Waals surface area contributed by atoms with Crippen LogP contribution in [0.25, 0.3) is 0 Å². The summed E-state index contributed by atoms with van der Waals surface area (Å²) in [5.41, 5.74) is 0.163. The van der Waals surface area contributed by atoms with E-state index in [4.69, 9.17) is 0 Å². The van der Waals surface area contributed by atoms with Gasteiger partial charge in [-0.15, -0.1) is 0 Å². The van der Waals surface area contributed by atoms with Gasteiger partial charge in [0.15, 0.2) is 0 Å². The number of carbonyl (C=O) groups excluding carboxylic acids is 2. The molecule has 0 bridgehead atoms. The Morgan fingerprint density at radius 1 is 0.600 bits per heavy atom. The molecule has 2 aliphatic carbocycles. The predicted octanol–water partition coefficient (Wildman–Crippen LogP) is 8.60. The maximum atomic E-state index is 12.9. The van der Waals surface area contributed by atoms with Crippen LogP contribution in [0.15, 0.2) is 6.33 Å². The van der Waals surface area contributed by atoms with Crippen LogP contribution in [0.1, 0.15) is 171 Å². The van der Waals surface area contributed by atoms with E-state index in [2.05, 4.69) is 90.8 Å². The average Bonchev–Trinajstić information content (AvgIpc) is 3.01. The average molecular weight is 694 g/mol. The lowest BCUT2D eigenvalue weighted by Crippen LogP contribution is -2.66. The van der Waals surface area contributed by atoms with Gasteiger partial charge in [-0.05, 0) is 131 Å². The number of rotatable bonds is 14. The van der Waals surface area contributed by atoms with Crippen molar-refractivity contribution in [3.63, 3.8) is 0 Å². The first kappa shape index (κ1) is 39.1. The number of nitrogens with one attached hydrogen (secondary N) is 2. The highest BCUT2D eigenvalue weighted by molar-refractivity contribution is 5.85. The van der Waals surface area contributed by atoms with E-state index in [1.807, 2.05) is 0 Å². The van der Waals surface area contributed by atoms with Crippen molar-refractivity contribution in [2.75, 3.05) is 23.7 Å². The monoisotopic (exact) mass is 694 g/mol. The number of carbonyl (C=O) groups is 2. The summed E-state index contributed by atoms with van der Waals surface area (Å²) < 4.78 is 0. The maximum Gasteiger partial charge on any atom is 0.227 e. The molecule has 4 aliphatic rings. The van der Waals surface area contributed by atoms with Gasteiger partial charge >= 0.3 is 0 Å². The first-order valence-corrected chi connectivity index (χ1v) is 20.4. The van der Waals surface area contributed by atoms with Crippen LogP contribution in [0, 0.1) is 11.8 Å².